The van der Waals surface area contributed by atoms with Gasteiger partial charge in [0.2, 0.25) is 0 Å². The van der Waals surface area contributed by atoms with E-state index < -0.39 is 0 Å². The summed E-state index contributed by atoms with van der Waals surface area (Å²) in [5.74, 6) is 0.747. The van der Waals surface area contributed by atoms with Crippen molar-refractivity contribution in [3.8, 4) is 11.5 Å². The zero-order valence-corrected chi connectivity index (χ0v) is 18.2. The molecule has 4 rings (SSSR count). The first-order chi connectivity index (χ1) is 15.0. The highest BCUT2D eigenvalue weighted by Crippen LogP contribution is 2.37. The highest BCUT2D eigenvalue weighted by Gasteiger charge is 2.37. The first kappa shape index (κ1) is 20.9. The van der Waals surface area contributed by atoms with Gasteiger partial charge in [0, 0.05) is 7.05 Å². The van der Waals surface area contributed by atoms with Crippen LogP contribution < -0.4 is 9.47 Å². The molecule has 0 spiro atoms. The van der Waals surface area contributed by atoms with Crippen molar-refractivity contribution < 1.29 is 19.1 Å². The second kappa shape index (κ2) is 8.80. The van der Waals surface area contributed by atoms with E-state index in [-0.39, 0.29) is 17.9 Å². The highest BCUT2D eigenvalue weighted by molar-refractivity contribution is 6.29. The molecule has 1 aliphatic heterocycles. The lowest BCUT2D eigenvalue weighted by Crippen LogP contribution is -2.24. The molecule has 2 amide bonds. The molecule has 160 valence electrons. The molecule has 1 saturated heterocycles. The summed E-state index contributed by atoms with van der Waals surface area (Å²) in [6.07, 6.45) is 6.50. The van der Waals surface area contributed by atoms with Crippen LogP contribution in [0.5, 0.6) is 11.5 Å². The normalized spacial score (nSPS) is 20.0. The lowest BCUT2D eigenvalue weighted by molar-refractivity contribution is -0.134. The third-order valence-electron chi connectivity index (χ3n) is 6.00. The van der Waals surface area contributed by atoms with Crippen molar-refractivity contribution in [3.05, 3.63) is 70.8 Å². The minimum Gasteiger partial charge on any atom is -0.493 e. The number of carbonyl (C=O) groups excluding carboxylic acids is 2. The minimum atomic E-state index is -0.296. The van der Waals surface area contributed by atoms with E-state index in [1.165, 1.54) is 24.8 Å². The van der Waals surface area contributed by atoms with Gasteiger partial charge < -0.3 is 9.47 Å². The van der Waals surface area contributed by atoms with Gasteiger partial charge in [-0.25, -0.2) is 0 Å². The number of nitrogens with zero attached hydrogens (tertiary/aromatic N) is 1. The molecular formula is C26H27NO4. The molecule has 0 unspecified atom stereocenters. The van der Waals surface area contributed by atoms with Gasteiger partial charge in [-0.05, 0) is 67.5 Å². The minimum absolute atomic E-state index is 0.224. The van der Waals surface area contributed by atoms with Gasteiger partial charge >= 0.3 is 0 Å². The highest BCUT2D eigenvalue weighted by atomic mass is 16.5. The van der Waals surface area contributed by atoms with E-state index in [9.17, 15) is 9.59 Å². The summed E-state index contributed by atoms with van der Waals surface area (Å²) in [7, 11) is 3.13. The van der Waals surface area contributed by atoms with E-state index in [1.807, 2.05) is 55.5 Å². The molecule has 0 radical (unpaired) electrons. The SMILES string of the molecule is COc1cc(/C(C)=C2\C(=O)N(C)C(=O)\C2=C\c2ccccc2)ccc1OC1CCCC1. The summed E-state index contributed by atoms with van der Waals surface area (Å²) < 4.78 is 11.7. The number of likely N-dealkylation sites (tertiary alicyclic amines) is 1. The molecule has 2 fully saturated rings. The average Bonchev–Trinajstić information content (AvgIpc) is 3.37. The molecule has 1 saturated carbocycles. The van der Waals surface area contributed by atoms with Crippen LogP contribution in [0.2, 0.25) is 0 Å². The molecule has 2 aromatic carbocycles. The largest absolute Gasteiger partial charge is 0.493 e. The number of imide groups is 1. The van der Waals surface area contributed by atoms with Crippen LogP contribution in [-0.4, -0.2) is 37.0 Å². The lowest BCUT2D eigenvalue weighted by Gasteiger charge is -2.17. The monoisotopic (exact) mass is 417 g/mol. The fraction of sp³-hybridized carbons (Fsp3) is 0.308. The molecular weight excluding hydrogens is 390 g/mol. The Kier molecular flexibility index (Phi) is 5.94. The van der Waals surface area contributed by atoms with Crippen LogP contribution in [0.1, 0.15) is 43.7 Å². The van der Waals surface area contributed by atoms with E-state index in [2.05, 4.69) is 0 Å². The first-order valence-corrected chi connectivity index (χ1v) is 10.6. The van der Waals surface area contributed by atoms with Crippen LogP contribution in [0.15, 0.2) is 59.7 Å². The van der Waals surface area contributed by atoms with Crippen LogP contribution in [0.3, 0.4) is 0 Å². The van der Waals surface area contributed by atoms with Crippen LogP contribution in [0.25, 0.3) is 11.6 Å². The molecule has 31 heavy (non-hydrogen) atoms. The predicted octanol–water partition coefficient (Wildman–Crippen LogP) is 4.87. The van der Waals surface area contributed by atoms with Crippen molar-refractivity contribution in [2.45, 2.75) is 38.7 Å². The fourth-order valence-electron chi connectivity index (χ4n) is 4.20. The van der Waals surface area contributed by atoms with E-state index in [4.69, 9.17) is 9.47 Å². The predicted molar refractivity (Wildman–Crippen MR) is 121 cm³/mol. The van der Waals surface area contributed by atoms with Crippen molar-refractivity contribution in [2.75, 3.05) is 14.2 Å². The molecule has 1 heterocycles. The number of hydrogen-bond acceptors (Lipinski definition) is 4. The Morgan fingerprint density at radius 3 is 2.39 bits per heavy atom. The summed E-state index contributed by atoms with van der Waals surface area (Å²) in [5.41, 5.74) is 3.25. The Balaban J connectivity index is 1.74. The number of methoxy groups -OCH3 is 1. The number of allylic oxidation sites excluding steroid dienone is 1. The summed E-state index contributed by atoms with van der Waals surface area (Å²) >= 11 is 0. The molecule has 0 atom stereocenters. The van der Waals surface area contributed by atoms with Gasteiger partial charge in [0.25, 0.3) is 11.8 Å². The topological polar surface area (TPSA) is 55.8 Å². The maximum absolute atomic E-state index is 12.9. The van der Waals surface area contributed by atoms with Crippen molar-refractivity contribution in [1.29, 1.82) is 0 Å². The Morgan fingerprint density at radius 1 is 1.00 bits per heavy atom. The van der Waals surface area contributed by atoms with Gasteiger partial charge in [-0.15, -0.1) is 0 Å². The van der Waals surface area contributed by atoms with Gasteiger partial charge in [0.05, 0.1) is 24.4 Å². The number of ether oxygens (including phenoxy) is 2. The smallest absolute Gasteiger partial charge is 0.261 e. The van der Waals surface area contributed by atoms with Crippen molar-refractivity contribution >= 4 is 23.5 Å². The summed E-state index contributed by atoms with van der Waals surface area (Å²) in [6.45, 7) is 1.87. The lowest BCUT2D eigenvalue weighted by atomic mass is 9.95. The average molecular weight is 418 g/mol. The van der Waals surface area contributed by atoms with Gasteiger partial charge in [-0.3, -0.25) is 14.5 Å². The van der Waals surface area contributed by atoms with Crippen LogP contribution in [-0.2, 0) is 9.59 Å². The van der Waals surface area contributed by atoms with Gasteiger partial charge in [-0.1, -0.05) is 36.4 Å². The zero-order chi connectivity index (χ0) is 22.0. The van der Waals surface area contributed by atoms with E-state index >= 15 is 0 Å². The number of likely N-dealkylation sites (N-methyl/N-ethyl adjacent to an activating group) is 1. The molecule has 2 aromatic rings. The Labute approximate surface area is 183 Å². The zero-order valence-electron chi connectivity index (χ0n) is 18.2. The fourth-order valence-corrected chi connectivity index (χ4v) is 4.20. The van der Waals surface area contributed by atoms with E-state index in [1.54, 1.807) is 13.2 Å². The second-order valence-electron chi connectivity index (χ2n) is 8.03. The second-order valence-corrected chi connectivity index (χ2v) is 8.03. The Morgan fingerprint density at radius 2 is 1.71 bits per heavy atom. The standard InChI is InChI=1S/C26H27NO4/c1-17(19-13-14-22(23(16-19)30-3)31-20-11-7-8-12-20)24-21(25(28)27(2)26(24)29)15-18-9-5-4-6-10-18/h4-6,9-10,13-16,20H,7-8,11-12H2,1-3H3/b21-15+,24-17-. The van der Waals surface area contributed by atoms with Crippen LogP contribution >= 0.6 is 0 Å². The van der Waals surface area contributed by atoms with E-state index in [0.29, 0.717) is 22.6 Å². The molecule has 5 nitrogen and oxygen atoms in total. The Hall–Kier alpha value is -3.34. The number of benzene rings is 2. The van der Waals surface area contributed by atoms with Crippen molar-refractivity contribution in [2.24, 2.45) is 0 Å². The number of carbonyl (C=O) groups is 2. The summed E-state index contributed by atoms with van der Waals surface area (Å²) in [6, 6.07) is 15.2. The third-order valence-corrected chi connectivity index (χ3v) is 6.00. The summed E-state index contributed by atoms with van der Waals surface area (Å²) in [4.78, 5) is 26.9. The van der Waals surface area contributed by atoms with Gasteiger partial charge in [0.15, 0.2) is 11.5 Å². The van der Waals surface area contributed by atoms with Gasteiger partial charge in [0.1, 0.15) is 0 Å². The third kappa shape index (κ3) is 4.13. The first-order valence-electron chi connectivity index (χ1n) is 10.6. The van der Waals surface area contributed by atoms with Crippen LogP contribution in [0, 0.1) is 0 Å². The number of amides is 2. The maximum atomic E-state index is 12.9. The van der Waals surface area contributed by atoms with Gasteiger partial charge in [-0.2, -0.15) is 0 Å². The molecule has 1 aliphatic carbocycles. The van der Waals surface area contributed by atoms with Crippen molar-refractivity contribution in [3.63, 3.8) is 0 Å². The molecule has 0 N–H and O–H groups in total. The summed E-state index contributed by atoms with van der Waals surface area (Å²) in [5, 5.41) is 0. The number of rotatable bonds is 5. The van der Waals surface area contributed by atoms with E-state index in [0.717, 1.165) is 29.5 Å². The molecule has 2 aliphatic rings. The van der Waals surface area contributed by atoms with Crippen molar-refractivity contribution in [1.82, 2.24) is 4.90 Å². The molecule has 0 bridgehead atoms. The maximum Gasteiger partial charge on any atom is 0.261 e. The van der Waals surface area contributed by atoms with Crippen LogP contribution in [0.4, 0.5) is 0 Å². The molecule has 0 aromatic heterocycles. The number of hydrogen-bond donors (Lipinski definition) is 0. The quantitative estimate of drug-likeness (QED) is 0.514. The molecule has 5 heteroatoms. The Bertz CT molecular complexity index is 1060.